The molecule has 16 heavy (non-hydrogen) atoms. The smallest absolute Gasteiger partial charge is 0.0762 e. The van der Waals surface area contributed by atoms with Crippen molar-refractivity contribution in [3.05, 3.63) is 48.0 Å². The van der Waals surface area contributed by atoms with Gasteiger partial charge in [0, 0.05) is 21.8 Å². The van der Waals surface area contributed by atoms with Crippen LogP contribution in [-0.2, 0) is 0 Å². The molecule has 1 heterocycles. The molecule has 0 fully saturated rings. The van der Waals surface area contributed by atoms with Gasteiger partial charge in [-0.1, -0.05) is 24.3 Å². The molecule has 0 aliphatic rings. The molecule has 1 atom stereocenters. The molecule has 0 aliphatic heterocycles. The molecular weight excluding hydrogens is 198 g/mol. The van der Waals surface area contributed by atoms with Crippen LogP contribution >= 0.6 is 0 Å². The van der Waals surface area contributed by atoms with Crippen molar-refractivity contribution in [3.8, 4) is 0 Å². The number of aliphatic hydroxyl groups excluding tert-OH is 1. The first-order valence-electron chi connectivity index (χ1n) is 5.44. The highest BCUT2D eigenvalue weighted by atomic mass is 16.3. The third kappa shape index (κ3) is 1.31. The Bertz CT molecular complexity index is 652. The zero-order chi connectivity index (χ0) is 11.1. The fourth-order valence-corrected chi connectivity index (χ4v) is 2.13. The minimum Gasteiger partial charge on any atom is -0.389 e. The Morgan fingerprint density at radius 1 is 1.00 bits per heavy atom. The summed E-state index contributed by atoms with van der Waals surface area (Å²) in [5.41, 5.74) is 3.21. The lowest BCUT2D eigenvalue weighted by molar-refractivity contribution is 0.199. The van der Waals surface area contributed by atoms with E-state index in [1.54, 1.807) is 6.92 Å². The molecule has 2 heteroatoms. The number of fused-ring (bicyclic) bond motifs is 3. The number of hydrogen-bond acceptors (Lipinski definition) is 1. The Labute approximate surface area is 93.5 Å². The average Bonchev–Trinajstić information content (AvgIpc) is 2.66. The van der Waals surface area contributed by atoms with Crippen molar-refractivity contribution in [2.45, 2.75) is 13.0 Å². The quantitative estimate of drug-likeness (QED) is 0.636. The minimum atomic E-state index is -0.418. The standard InChI is InChI=1S/C14H13NO/c1-9(16)10-6-7-14-12(8-10)11-4-2-3-5-13(11)15-14/h2-9,15-16H,1H3/t9-/m1/s1. The lowest BCUT2D eigenvalue weighted by atomic mass is 10.1. The van der Waals surface area contributed by atoms with E-state index in [1.165, 1.54) is 10.8 Å². The molecular formula is C14H13NO. The second-order valence-electron chi connectivity index (χ2n) is 4.15. The van der Waals surface area contributed by atoms with Crippen LogP contribution in [0.1, 0.15) is 18.6 Å². The number of aromatic nitrogens is 1. The average molecular weight is 211 g/mol. The van der Waals surface area contributed by atoms with Crippen molar-refractivity contribution in [1.29, 1.82) is 0 Å². The van der Waals surface area contributed by atoms with Gasteiger partial charge < -0.3 is 10.1 Å². The second-order valence-corrected chi connectivity index (χ2v) is 4.15. The summed E-state index contributed by atoms with van der Waals surface area (Å²) in [6.07, 6.45) is -0.418. The highest BCUT2D eigenvalue weighted by Crippen LogP contribution is 2.27. The Morgan fingerprint density at radius 3 is 2.56 bits per heavy atom. The molecule has 2 aromatic carbocycles. The number of rotatable bonds is 1. The molecule has 3 aromatic rings. The molecule has 0 unspecified atom stereocenters. The van der Waals surface area contributed by atoms with Crippen molar-refractivity contribution in [2.24, 2.45) is 0 Å². The number of hydrogen-bond donors (Lipinski definition) is 2. The van der Waals surface area contributed by atoms with Gasteiger partial charge in [0.25, 0.3) is 0 Å². The molecule has 3 rings (SSSR count). The zero-order valence-corrected chi connectivity index (χ0v) is 9.07. The fourth-order valence-electron chi connectivity index (χ4n) is 2.13. The molecule has 0 radical (unpaired) electrons. The summed E-state index contributed by atoms with van der Waals surface area (Å²) in [6.45, 7) is 1.79. The zero-order valence-electron chi connectivity index (χ0n) is 9.07. The van der Waals surface area contributed by atoms with E-state index in [9.17, 15) is 5.11 Å². The van der Waals surface area contributed by atoms with Crippen LogP contribution in [0, 0.1) is 0 Å². The lowest BCUT2D eigenvalue weighted by Gasteiger charge is -2.03. The van der Waals surface area contributed by atoms with Gasteiger partial charge >= 0.3 is 0 Å². The monoisotopic (exact) mass is 211 g/mol. The van der Waals surface area contributed by atoms with E-state index in [0.29, 0.717) is 0 Å². The normalized spacial score (nSPS) is 13.4. The van der Waals surface area contributed by atoms with Gasteiger partial charge in [0.05, 0.1) is 6.10 Å². The van der Waals surface area contributed by atoms with E-state index in [1.807, 2.05) is 24.3 Å². The highest BCUT2D eigenvalue weighted by molar-refractivity contribution is 6.07. The van der Waals surface area contributed by atoms with Gasteiger partial charge in [0.15, 0.2) is 0 Å². The number of aromatic amines is 1. The van der Waals surface area contributed by atoms with E-state index in [0.717, 1.165) is 16.6 Å². The van der Waals surface area contributed by atoms with E-state index in [4.69, 9.17) is 0 Å². The highest BCUT2D eigenvalue weighted by Gasteiger charge is 2.06. The van der Waals surface area contributed by atoms with E-state index < -0.39 is 6.10 Å². The van der Waals surface area contributed by atoms with Crippen molar-refractivity contribution in [1.82, 2.24) is 4.98 Å². The van der Waals surface area contributed by atoms with E-state index >= 15 is 0 Å². The van der Waals surface area contributed by atoms with Crippen LogP contribution in [0.4, 0.5) is 0 Å². The fraction of sp³-hybridized carbons (Fsp3) is 0.143. The van der Waals surface area contributed by atoms with Crippen LogP contribution in [0.15, 0.2) is 42.5 Å². The topological polar surface area (TPSA) is 36.0 Å². The predicted octanol–water partition coefficient (Wildman–Crippen LogP) is 3.37. The van der Waals surface area contributed by atoms with Crippen molar-refractivity contribution in [3.63, 3.8) is 0 Å². The minimum absolute atomic E-state index is 0.418. The van der Waals surface area contributed by atoms with Crippen molar-refractivity contribution < 1.29 is 5.11 Å². The van der Waals surface area contributed by atoms with Crippen LogP contribution in [0.5, 0.6) is 0 Å². The molecule has 0 saturated carbocycles. The predicted molar refractivity (Wildman–Crippen MR) is 66.4 cm³/mol. The summed E-state index contributed by atoms with van der Waals surface area (Å²) in [7, 11) is 0. The van der Waals surface area contributed by atoms with Crippen molar-refractivity contribution in [2.75, 3.05) is 0 Å². The Morgan fingerprint density at radius 2 is 1.75 bits per heavy atom. The van der Waals surface area contributed by atoms with Gasteiger partial charge in [-0.15, -0.1) is 0 Å². The molecule has 0 saturated heterocycles. The maximum Gasteiger partial charge on any atom is 0.0762 e. The van der Waals surface area contributed by atoms with Gasteiger partial charge in [-0.05, 0) is 30.7 Å². The summed E-state index contributed by atoms with van der Waals surface area (Å²) < 4.78 is 0. The summed E-state index contributed by atoms with van der Waals surface area (Å²) in [6, 6.07) is 14.3. The second kappa shape index (κ2) is 3.35. The van der Waals surface area contributed by atoms with Crippen molar-refractivity contribution >= 4 is 21.8 Å². The lowest BCUT2D eigenvalue weighted by Crippen LogP contribution is -1.89. The van der Waals surface area contributed by atoms with Gasteiger partial charge in [0.1, 0.15) is 0 Å². The number of para-hydroxylation sites is 1. The summed E-state index contributed by atoms with van der Waals surface area (Å²) >= 11 is 0. The molecule has 0 bridgehead atoms. The van der Waals surface area contributed by atoms with Crippen LogP contribution in [0.25, 0.3) is 21.8 Å². The molecule has 0 amide bonds. The summed E-state index contributed by atoms with van der Waals surface area (Å²) in [5.74, 6) is 0. The largest absolute Gasteiger partial charge is 0.389 e. The van der Waals surface area contributed by atoms with Crippen LogP contribution in [0.2, 0.25) is 0 Å². The van der Waals surface area contributed by atoms with E-state index in [2.05, 4.69) is 23.2 Å². The maximum absolute atomic E-state index is 9.58. The van der Waals surface area contributed by atoms with E-state index in [-0.39, 0.29) is 0 Å². The van der Waals surface area contributed by atoms with Crippen LogP contribution < -0.4 is 0 Å². The Balaban J connectivity index is 2.40. The third-order valence-corrected chi connectivity index (χ3v) is 3.01. The Kier molecular flexibility index (Phi) is 1.98. The van der Waals surface area contributed by atoms with Gasteiger partial charge in [-0.25, -0.2) is 0 Å². The van der Waals surface area contributed by atoms with Crippen LogP contribution in [-0.4, -0.2) is 10.1 Å². The third-order valence-electron chi connectivity index (χ3n) is 3.01. The Hall–Kier alpha value is -1.80. The van der Waals surface area contributed by atoms with Gasteiger partial charge in [0.2, 0.25) is 0 Å². The molecule has 2 nitrogen and oxygen atoms in total. The first kappa shape index (κ1) is 9.43. The molecule has 0 aliphatic carbocycles. The SMILES string of the molecule is C[C@@H](O)c1ccc2[nH]c3ccccc3c2c1. The number of H-pyrrole nitrogens is 1. The molecule has 1 aromatic heterocycles. The first-order chi connectivity index (χ1) is 7.75. The van der Waals surface area contributed by atoms with Crippen LogP contribution in [0.3, 0.4) is 0 Å². The molecule has 80 valence electrons. The summed E-state index contributed by atoms with van der Waals surface area (Å²) in [4.78, 5) is 3.36. The first-order valence-corrected chi connectivity index (χ1v) is 5.44. The number of aliphatic hydroxyl groups is 1. The summed E-state index contributed by atoms with van der Waals surface area (Å²) in [5, 5.41) is 12.0. The van der Waals surface area contributed by atoms with Gasteiger partial charge in [-0.2, -0.15) is 0 Å². The molecule has 0 spiro atoms. The number of nitrogens with one attached hydrogen (secondary N) is 1. The number of benzene rings is 2. The maximum atomic E-state index is 9.58. The molecule has 2 N–H and O–H groups in total. The van der Waals surface area contributed by atoms with Gasteiger partial charge in [-0.3, -0.25) is 0 Å².